The second kappa shape index (κ2) is 19.4. The molecule has 0 saturated heterocycles. The van der Waals surface area contributed by atoms with Gasteiger partial charge < -0.3 is 0 Å². The first-order valence-corrected chi connectivity index (χ1v) is 23.3. The van der Waals surface area contributed by atoms with Gasteiger partial charge in [-0.1, -0.05) is 0 Å². The van der Waals surface area contributed by atoms with Crippen molar-refractivity contribution in [3.63, 3.8) is 0 Å². The number of allylic oxidation sites excluding steroid dienone is 2. The first-order chi connectivity index (χ1) is 18.9. The Labute approximate surface area is 252 Å². The second-order valence-corrected chi connectivity index (χ2v) is 24.9. The van der Waals surface area contributed by atoms with Crippen LogP contribution >= 0.6 is 23.2 Å². The number of hydrogen-bond donors (Lipinski definition) is 2. The number of unbranched alkanes of at least 4 members (excludes halogenated alkanes) is 3. The Morgan fingerprint density at radius 1 is 0.692 bits per heavy atom. The van der Waals surface area contributed by atoms with E-state index >= 15 is 0 Å². The molecule has 0 radical (unpaired) electrons. The van der Waals surface area contributed by atoms with E-state index in [9.17, 15) is 10.2 Å². The first kappa shape index (κ1) is 34.4. The second-order valence-electron chi connectivity index (χ2n) is 10.9. The first-order valence-electron chi connectivity index (χ1n) is 15.0. The van der Waals surface area contributed by atoms with Crippen LogP contribution in [0.25, 0.3) is 0 Å². The molecule has 0 atom stereocenters. The van der Waals surface area contributed by atoms with Crippen molar-refractivity contribution in [3.05, 3.63) is 90.5 Å². The number of aliphatic hydroxyl groups is 2. The zero-order valence-corrected chi connectivity index (χ0v) is 28.8. The number of hydrogen-bond acceptors (Lipinski definition) is 2. The van der Waals surface area contributed by atoms with E-state index in [0.29, 0.717) is 12.8 Å². The van der Waals surface area contributed by atoms with Gasteiger partial charge in [-0.3, -0.25) is 0 Å². The van der Waals surface area contributed by atoms with Crippen molar-refractivity contribution in [1.29, 1.82) is 0 Å². The number of benzene rings is 2. The summed E-state index contributed by atoms with van der Waals surface area (Å²) in [6.45, 7) is 7.24. The monoisotopic (exact) mass is 680 g/mol. The van der Waals surface area contributed by atoms with Crippen LogP contribution in [0.3, 0.4) is 0 Å². The molecule has 2 aromatic rings. The maximum absolute atomic E-state index is 10.3. The van der Waals surface area contributed by atoms with Crippen molar-refractivity contribution < 1.29 is 10.2 Å². The minimum atomic E-state index is -2.91. The molecule has 0 aliphatic carbocycles. The predicted molar refractivity (Wildman–Crippen MR) is 174 cm³/mol. The van der Waals surface area contributed by atoms with Crippen molar-refractivity contribution in [2.24, 2.45) is 0 Å². The van der Waals surface area contributed by atoms with Crippen LogP contribution in [-0.2, 0) is 12.8 Å². The van der Waals surface area contributed by atoms with Crippen molar-refractivity contribution in [2.75, 3.05) is 13.2 Å². The summed E-state index contributed by atoms with van der Waals surface area (Å²) in [7, 11) is 0. The van der Waals surface area contributed by atoms with E-state index in [-0.39, 0.29) is 13.2 Å². The SMILES string of the molecule is CCC[CH2][Sn]([CH2]CCC)([CH2]CCC)[C](=C/CCO)/C(Cc1ccc(Cl)cc1)=C(/CCO)Cc1ccc(Cl)cc1. The molecule has 216 valence electrons. The zero-order valence-electron chi connectivity index (χ0n) is 24.5. The van der Waals surface area contributed by atoms with Crippen LogP contribution in [0.5, 0.6) is 0 Å². The Bertz CT molecular complexity index is 991. The normalized spacial score (nSPS) is 13.1. The molecule has 2 N–H and O–H groups in total. The van der Waals surface area contributed by atoms with Crippen LogP contribution in [0.4, 0.5) is 0 Å². The predicted octanol–water partition coefficient (Wildman–Crippen LogP) is 10.2. The molecule has 39 heavy (non-hydrogen) atoms. The molecule has 0 spiro atoms. The molecule has 5 heteroatoms. The maximum atomic E-state index is 10.3. The van der Waals surface area contributed by atoms with E-state index in [1.807, 2.05) is 24.3 Å². The molecule has 0 fully saturated rings. The molecule has 2 rings (SSSR count). The molecule has 0 bridgehead atoms. The van der Waals surface area contributed by atoms with E-state index < -0.39 is 18.4 Å². The fraction of sp³-hybridized carbons (Fsp3) is 0.529. The van der Waals surface area contributed by atoms with Crippen LogP contribution in [0.1, 0.15) is 83.3 Å². The van der Waals surface area contributed by atoms with E-state index in [1.165, 1.54) is 74.1 Å². The molecule has 0 saturated carbocycles. The topological polar surface area (TPSA) is 40.5 Å². The molecule has 0 aliphatic rings. The Morgan fingerprint density at radius 3 is 1.56 bits per heavy atom. The molecule has 0 unspecified atom stereocenters. The fourth-order valence-corrected chi connectivity index (χ4v) is 23.5. The van der Waals surface area contributed by atoms with Gasteiger partial charge in [0.2, 0.25) is 0 Å². The zero-order chi connectivity index (χ0) is 28.5. The van der Waals surface area contributed by atoms with Crippen LogP contribution < -0.4 is 0 Å². The van der Waals surface area contributed by atoms with Gasteiger partial charge in [-0.05, 0) is 0 Å². The molecular weight excluding hydrogens is 630 g/mol. The molecule has 2 aromatic carbocycles. The Kier molecular flexibility index (Phi) is 17.1. The third-order valence-electron chi connectivity index (χ3n) is 7.87. The summed E-state index contributed by atoms with van der Waals surface area (Å²) >= 11 is 9.58. The van der Waals surface area contributed by atoms with Gasteiger partial charge in [-0.2, -0.15) is 0 Å². The van der Waals surface area contributed by atoms with Gasteiger partial charge in [0.15, 0.2) is 0 Å². The summed E-state index contributed by atoms with van der Waals surface area (Å²) in [5, 5.41) is 21.8. The number of aliphatic hydroxyl groups excluding tert-OH is 2. The van der Waals surface area contributed by atoms with Crippen molar-refractivity contribution in [1.82, 2.24) is 0 Å². The third kappa shape index (κ3) is 11.6. The Balaban J connectivity index is 2.82. The number of halogens is 2. The van der Waals surface area contributed by atoms with Gasteiger partial charge in [0, 0.05) is 0 Å². The van der Waals surface area contributed by atoms with E-state index in [0.717, 1.165) is 22.9 Å². The third-order valence-corrected chi connectivity index (χ3v) is 24.3. The van der Waals surface area contributed by atoms with Crippen molar-refractivity contribution in [2.45, 2.75) is 98.3 Å². The minimum absolute atomic E-state index is 0.127. The Hall–Kier alpha value is -0.781. The van der Waals surface area contributed by atoms with Crippen LogP contribution in [0.15, 0.2) is 69.3 Å². The summed E-state index contributed by atoms with van der Waals surface area (Å²) in [6.07, 6.45) is 12.9. The average Bonchev–Trinajstić information content (AvgIpc) is 2.94. The summed E-state index contributed by atoms with van der Waals surface area (Å²) in [4.78, 5) is 0. The van der Waals surface area contributed by atoms with Gasteiger partial charge >= 0.3 is 254 Å². The molecule has 2 nitrogen and oxygen atoms in total. The van der Waals surface area contributed by atoms with E-state index in [4.69, 9.17) is 23.2 Å². The Morgan fingerprint density at radius 2 is 1.15 bits per heavy atom. The van der Waals surface area contributed by atoms with Crippen LogP contribution in [0.2, 0.25) is 23.4 Å². The van der Waals surface area contributed by atoms with Gasteiger partial charge in [-0.25, -0.2) is 0 Å². The quantitative estimate of drug-likeness (QED) is 0.115. The molecule has 0 heterocycles. The molecule has 0 amide bonds. The van der Waals surface area contributed by atoms with Gasteiger partial charge in [0.05, 0.1) is 0 Å². The van der Waals surface area contributed by atoms with Gasteiger partial charge in [-0.15, -0.1) is 0 Å². The van der Waals surface area contributed by atoms with Crippen LogP contribution in [-0.4, -0.2) is 41.8 Å². The van der Waals surface area contributed by atoms with Crippen molar-refractivity contribution in [3.8, 4) is 0 Å². The summed E-state index contributed by atoms with van der Waals surface area (Å²) in [6, 6.07) is 16.4. The van der Waals surface area contributed by atoms with Crippen molar-refractivity contribution >= 4 is 41.6 Å². The van der Waals surface area contributed by atoms with Crippen LogP contribution in [0, 0.1) is 0 Å². The summed E-state index contributed by atoms with van der Waals surface area (Å²) in [5.74, 6) is 0. The van der Waals surface area contributed by atoms with Gasteiger partial charge in [0.1, 0.15) is 0 Å². The fourth-order valence-electron chi connectivity index (χ4n) is 5.74. The van der Waals surface area contributed by atoms with Gasteiger partial charge in [0.25, 0.3) is 0 Å². The summed E-state index contributed by atoms with van der Waals surface area (Å²) in [5.41, 5.74) is 5.21. The average molecular weight is 680 g/mol. The summed E-state index contributed by atoms with van der Waals surface area (Å²) < 4.78 is 5.70. The van der Waals surface area contributed by atoms with E-state index in [2.05, 4.69) is 51.1 Å². The number of rotatable bonds is 19. The molecule has 0 aromatic heterocycles. The molecule has 0 aliphatic heterocycles. The molecular formula is C34H50Cl2O2Sn. The van der Waals surface area contributed by atoms with E-state index in [1.54, 1.807) is 3.59 Å². The standard InChI is InChI=1S/C22H23Cl2O2.3C4H9.Sn/c23-21-8-4-17(5-9-21)15-19(3-1-2-13-25)20(12-14-26)16-18-6-10-22(24)11-7-18;3*1-3-4-2;/h1,4-11,25-26H,2,12-16H2;3*1,3-4H2,2H3;/b3-1?,20-19+;;;;.